The van der Waals surface area contributed by atoms with Crippen molar-refractivity contribution in [2.24, 2.45) is 11.8 Å². The lowest BCUT2D eigenvalue weighted by Gasteiger charge is -2.34. The van der Waals surface area contributed by atoms with Crippen LogP contribution in [0.5, 0.6) is 0 Å². The van der Waals surface area contributed by atoms with Crippen LogP contribution in [0.25, 0.3) is 0 Å². The third kappa shape index (κ3) is 6.76. The molecule has 0 aromatic rings. The minimum Gasteiger partial charge on any atom is -0.480 e. The molecule has 2 amide bonds. The molecule has 0 aliphatic carbocycles. The largest absolute Gasteiger partial charge is 0.480 e. The van der Waals surface area contributed by atoms with Gasteiger partial charge in [-0.1, -0.05) is 34.1 Å². The average Bonchev–Trinajstić information content (AvgIpc) is 2.41. The van der Waals surface area contributed by atoms with E-state index in [1.807, 2.05) is 13.8 Å². The quantitative estimate of drug-likeness (QED) is 0.740. The number of likely N-dealkylation sites (N-methyl/N-ethyl adjacent to an activating group) is 1. The van der Waals surface area contributed by atoms with E-state index in [1.54, 1.807) is 34.6 Å². The van der Waals surface area contributed by atoms with Gasteiger partial charge in [-0.25, -0.2) is 9.59 Å². The van der Waals surface area contributed by atoms with Crippen molar-refractivity contribution in [2.45, 2.75) is 72.6 Å². The summed E-state index contributed by atoms with van der Waals surface area (Å²) in [5.74, 6) is -2.00. The minimum atomic E-state index is -1.10. The molecule has 0 saturated carbocycles. The van der Waals surface area contributed by atoms with Gasteiger partial charge in [-0.15, -0.1) is 0 Å². The topological polar surface area (TPSA) is 95.9 Å². The molecule has 0 heterocycles. The number of hydrogen-bond acceptors (Lipinski definition) is 4. The summed E-state index contributed by atoms with van der Waals surface area (Å²) in [5.41, 5.74) is -0.677. The lowest BCUT2D eigenvalue weighted by atomic mass is 9.96. The molecule has 140 valence electrons. The van der Waals surface area contributed by atoms with Crippen molar-refractivity contribution in [1.82, 2.24) is 10.2 Å². The van der Waals surface area contributed by atoms with Gasteiger partial charge in [0.2, 0.25) is 5.91 Å². The fourth-order valence-corrected chi connectivity index (χ4v) is 2.24. The monoisotopic (exact) mass is 344 g/mol. The number of carbonyl (C=O) groups is 3. The molecule has 24 heavy (non-hydrogen) atoms. The standard InChI is InChI=1S/C17H32N2O5/c1-9-11(4)13(19(8)16(23)24-17(5,6)7)14(20)18-12(10(2)3)15(21)22/h10-13H,9H2,1-8H3,(H,18,20)(H,21,22)/t11?,12-,13-/m0/s1. The number of nitrogens with zero attached hydrogens (tertiary/aromatic N) is 1. The predicted octanol–water partition coefficient (Wildman–Crippen LogP) is 2.49. The van der Waals surface area contributed by atoms with Gasteiger partial charge in [0.15, 0.2) is 0 Å². The Labute approximate surface area is 144 Å². The Morgan fingerprint density at radius 2 is 1.67 bits per heavy atom. The molecule has 0 saturated heterocycles. The minimum absolute atomic E-state index is 0.149. The first kappa shape index (κ1) is 22.2. The molecule has 0 radical (unpaired) electrons. The second-order valence-corrected chi connectivity index (χ2v) is 7.49. The molecular formula is C17H32N2O5. The number of nitrogens with one attached hydrogen (secondary N) is 1. The van der Waals surface area contributed by atoms with Crippen LogP contribution in [0.3, 0.4) is 0 Å². The van der Waals surface area contributed by atoms with Gasteiger partial charge in [0.25, 0.3) is 0 Å². The van der Waals surface area contributed by atoms with Gasteiger partial charge in [-0.2, -0.15) is 0 Å². The smallest absolute Gasteiger partial charge is 0.410 e. The molecule has 0 aliphatic heterocycles. The van der Waals surface area contributed by atoms with E-state index in [-0.39, 0.29) is 11.8 Å². The summed E-state index contributed by atoms with van der Waals surface area (Å²) in [4.78, 5) is 37.5. The van der Waals surface area contributed by atoms with E-state index in [4.69, 9.17) is 4.74 Å². The summed E-state index contributed by atoms with van der Waals surface area (Å²) in [6, 6.07) is -1.80. The van der Waals surface area contributed by atoms with E-state index < -0.39 is 35.7 Å². The SMILES string of the molecule is CCC(C)[C@@H](C(=O)N[C@H](C(=O)O)C(C)C)N(C)C(=O)OC(C)(C)C. The van der Waals surface area contributed by atoms with Gasteiger partial charge in [-0.05, 0) is 32.6 Å². The van der Waals surface area contributed by atoms with Crippen LogP contribution < -0.4 is 5.32 Å². The van der Waals surface area contributed by atoms with E-state index in [0.717, 1.165) is 0 Å². The summed E-state index contributed by atoms with van der Waals surface area (Å²) in [5, 5.41) is 11.8. The summed E-state index contributed by atoms with van der Waals surface area (Å²) >= 11 is 0. The maximum atomic E-state index is 12.7. The van der Waals surface area contributed by atoms with E-state index in [0.29, 0.717) is 6.42 Å². The van der Waals surface area contributed by atoms with Crippen molar-refractivity contribution < 1.29 is 24.2 Å². The lowest BCUT2D eigenvalue weighted by Crippen LogP contribution is -2.56. The van der Waals surface area contributed by atoms with Crippen LogP contribution in [0.1, 0.15) is 54.9 Å². The van der Waals surface area contributed by atoms with E-state index in [9.17, 15) is 19.5 Å². The predicted molar refractivity (Wildman–Crippen MR) is 91.6 cm³/mol. The summed E-state index contributed by atoms with van der Waals surface area (Å²) in [6.07, 6.45) is 0.0457. The Kier molecular flexibility index (Phi) is 8.23. The molecule has 0 rings (SSSR count). The van der Waals surface area contributed by atoms with Crippen molar-refractivity contribution in [1.29, 1.82) is 0 Å². The Hall–Kier alpha value is -1.79. The molecular weight excluding hydrogens is 312 g/mol. The second-order valence-electron chi connectivity index (χ2n) is 7.49. The first-order chi connectivity index (χ1) is 10.8. The van der Waals surface area contributed by atoms with Crippen LogP contribution in [0.4, 0.5) is 4.79 Å². The van der Waals surface area contributed by atoms with Crippen molar-refractivity contribution in [2.75, 3.05) is 7.05 Å². The fourth-order valence-electron chi connectivity index (χ4n) is 2.24. The van der Waals surface area contributed by atoms with Crippen LogP contribution >= 0.6 is 0 Å². The summed E-state index contributed by atoms with van der Waals surface area (Å²) in [7, 11) is 1.50. The number of aliphatic carboxylic acids is 1. The lowest BCUT2D eigenvalue weighted by molar-refractivity contribution is -0.144. The van der Waals surface area contributed by atoms with Crippen molar-refractivity contribution in [3.63, 3.8) is 0 Å². The first-order valence-corrected chi connectivity index (χ1v) is 8.30. The number of carboxylic acids is 1. The second kappa shape index (κ2) is 8.89. The Morgan fingerprint density at radius 1 is 1.17 bits per heavy atom. The van der Waals surface area contributed by atoms with Gasteiger partial charge >= 0.3 is 12.1 Å². The number of ether oxygens (including phenoxy) is 1. The van der Waals surface area contributed by atoms with Gasteiger partial charge in [-0.3, -0.25) is 9.69 Å². The maximum Gasteiger partial charge on any atom is 0.410 e. The Morgan fingerprint density at radius 3 is 2.00 bits per heavy atom. The number of rotatable bonds is 7. The van der Waals surface area contributed by atoms with Crippen LogP contribution in [0.2, 0.25) is 0 Å². The molecule has 0 aromatic carbocycles. The zero-order valence-corrected chi connectivity index (χ0v) is 16.0. The molecule has 0 aromatic heterocycles. The molecule has 7 nitrogen and oxygen atoms in total. The highest BCUT2D eigenvalue weighted by Crippen LogP contribution is 2.18. The highest BCUT2D eigenvalue weighted by Gasteiger charge is 2.36. The van der Waals surface area contributed by atoms with E-state index in [2.05, 4.69) is 5.32 Å². The Balaban J connectivity index is 5.35. The molecule has 0 spiro atoms. The van der Waals surface area contributed by atoms with Crippen molar-refractivity contribution >= 4 is 18.0 Å². The molecule has 2 N–H and O–H groups in total. The van der Waals surface area contributed by atoms with Crippen LogP contribution in [-0.2, 0) is 14.3 Å². The Bertz CT molecular complexity index is 456. The highest BCUT2D eigenvalue weighted by atomic mass is 16.6. The number of amides is 2. The molecule has 0 fully saturated rings. The normalized spacial score (nSPS) is 15.4. The van der Waals surface area contributed by atoms with Crippen molar-refractivity contribution in [3.05, 3.63) is 0 Å². The van der Waals surface area contributed by atoms with Crippen LogP contribution in [-0.4, -0.2) is 52.7 Å². The van der Waals surface area contributed by atoms with E-state index >= 15 is 0 Å². The highest BCUT2D eigenvalue weighted by molar-refractivity contribution is 5.89. The van der Waals surface area contributed by atoms with Crippen LogP contribution in [0, 0.1) is 11.8 Å². The number of carbonyl (C=O) groups excluding carboxylic acids is 2. The molecule has 0 aliphatic rings. The van der Waals surface area contributed by atoms with Gasteiger partial charge in [0.05, 0.1) is 0 Å². The van der Waals surface area contributed by atoms with Gasteiger partial charge < -0.3 is 15.2 Å². The maximum absolute atomic E-state index is 12.7. The molecule has 0 bridgehead atoms. The van der Waals surface area contributed by atoms with Gasteiger partial charge in [0.1, 0.15) is 17.7 Å². The average molecular weight is 344 g/mol. The zero-order chi connectivity index (χ0) is 19.2. The molecule has 3 atom stereocenters. The van der Waals surface area contributed by atoms with E-state index in [1.165, 1.54) is 11.9 Å². The summed E-state index contributed by atoms with van der Waals surface area (Å²) in [6.45, 7) is 12.4. The molecule has 1 unspecified atom stereocenters. The third-order valence-corrected chi connectivity index (χ3v) is 3.78. The van der Waals surface area contributed by atoms with Crippen molar-refractivity contribution in [3.8, 4) is 0 Å². The van der Waals surface area contributed by atoms with Gasteiger partial charge in [0, 0.05) is 7.05 Å². The number of hydrogen-bond donors (Lipinski definition) is 2. The zero-order valence-electron chi connectivity index (χ0n) is 16.0. The third-order valence-electron chi connectivity index (χ3n) is 3.78. The fraction of sp³-hybridized carbons (Fsp3) is 0.824. The van der Waals surface area contributed by atoms with Crippen LogP contribution in [0.15, 0.2) is 0 Å². The summed E-state index contributed by atoms with van der Waals surface area (Å²) < 4.78 is 5.32. The number of carboxylic acid groups (broad SMARTS) is 1. The molecule has 7 heteroatoms. The first-order valence-electron chi connectivity index (χ1n) is 8.30.